The van der Waals surface area contributed by atoms with E-state index in [0.29, 0.717) is 5.92 Å². The fourth-order valence-corrected chi connectivity index (χ4v) is 5.58. The molecular weight excluding hydrogens is 507 g/mol. The van der Waals surface area contributed by atoms with E-state index >= 15 is 0 Å². The van der Waals surface area contributed by atoms with E-state index in [0.717, 1.165) is 24.3 Å². The maximum Gasteiger partial charge on any atom is 0.126 e. The van der Waals surface area contributed by atoms with Crippen LogP contribution >= 0.6 is 22.6 Å². The average Bonchev–Trinajstić information content (AvgIpc) is 2.72. The van der Waals surface area contributed by atoms with Crippen LogP contribution in [0.2, 0.25) is 0 Å². The Morgan fingerprint density at radius 3 is 1.56 bits per heavy atom. The van der Waals surface area contributed by atoms with Crippen LogP contribution in [0.25, 0.3) is 10.8 Å². The molecule has 1 aliphatic carbocycles. The predicted octanol–water partition coefficient (Wildman–Crippen LogP) is 7.94. The van der Waals surface area contributed by atoms with Crippen LogP contribution in [0.3, 0.4) is 0 Å². The number of rotatable bonds is 3. The molecule has 0 radical (unpaired) electrons. The lowest BCUT2D eigenvalue weighted by Crippen LogP contribution is -2.21. The van der Waals surface area contributed by atoms with Crippen LogP contribution in [-0.2, 0) is 23.7 Å². The van der Waals surface area contributed by atoms with Gasteiger partial charge in [-0.3, -0.25) is 0 Å². The fraction of sp³-hybridized carbons (Fsp3) is 0.448. The summed E-state index contributed by atoms with van der Waals surface area (Å²) in [5.74, 6) is 2.50. The van der Waals surface area contributed by atoms with Crippen molar-refractivity contribution in [1.29, 1.82) is 0 Å². The average molecular weight is 543 g/mol. The molecule has 3 aromatic carbocycles. The Hall–Kier alpha value is -1.75. The highest BCUT2D eigenvalue weighted by molar-refractivity contribution is 14.1. The minimum Gasteiger partial charge on any atom is -0.496 e. The second-order valence-corrected chi connectivity index (χ2v) is 12.4. The van der Waals surface area contributed by atoms with Gasteiger partial charge in [0.05, 0.1) is 14.2 Å². The zero-order valence-corrected chi connectivity index (χ0v) is 22.8. The van der Waals surface area contributed by atoms with Gasteiger partial charge in [0.1, 0.15) is 11.5 Å². The molecule has 3 aromatic rings. The summed E-state index contributed by atoms with van der Waals surface area (Å²) in [4.78, 5) is 0. The summed E-state index contributed by atoms with van der Waals surface area (Å²) in [5, 5.41) is 2.65. The van der Waals surface area contributed by atoms with Crippen LogP contribution in [0.15, 0.2) is 36.4 Å². The van der Waals surface area contributed by atoms with Crippen molar-refractivity contribution in [3.05, 3.63) is 67.8 Å². The fourth-order valence-electron chi connectivity index (χ4n) is 5.22. The third-order valence-electron chi connectivity index (χ3n) is 6.80. The Morgan fingerprint density at radius 1 is 0.750 bits per heavy atom. The van der Waals surface area contributed by atoms with Gasteiger partial charge in [-0.15, -0.1) is 0 Å². The van der Waals surface area contributed by atoms with Gasteiger partial charge < -0.3 is 9.47 Å². The standard InChI is InChI=1S/C29H35IO2/c1-28(2,3)23-15-19-16-24(29(4,5)6)27(32-8)22-14-18(17-9-11-20(30)12-10-17)13-21(25(19)22)26(23)31-7/h9-12,15-16,18H,13-14H2,1-8H3. The molecule has 170 valence electrons. The van der Waals surface area contributed by atoms with Gasteiger partial charge in [-0.25, -0.2) is 0 Å². The smallest absolute Gasteiger partial charge is 0.126 e. The van der Waals surface area contributed by atoms with Crippen molar-refractivity contribution in [1.82, 2.24) is 0 Å². The molecule has 0 unspecified atom stereocenters. The van der Waals surface area contributed by atoms with Crippen molar-refractivity contribution >= 4 is 33.4 Å². The Morgan fingerprint density at radius 2 is 1.19 bits per heavy atom. The number of benzene rings is 3. The third kappa shape index (κ3) is 4.02. The zero-order chi connectivity index (χ0) is 23.4. The number of methoxy groups -OCH3 is 2. The number of halogens is 1. The van der Waals surface area contributed by atoms with Gasteiger partial charge in [-0.2, -0.15) is 0 Å². The summed E-state index contributed by atoms with van der Waals surface area (Å²) in [6.45, 7) is 13.7. The highest BCUT2D eigenvalue weighted by atomic mass is 127. The summed E-state index contributed by atoms with van der Waals surface area (Å²) in [5.41, 5.74) is 6.60. The zero-order valence-electron chi connectivity index (χ0n) is 20.7. The van der Waals surface area contributed by atoms with Gasteiger partial charge in [-0.1, -0.05) is 53.7 Å². The molecule has 0 aromatic heterocycles. The molecule has 0 bridgehead atoms. The molecule has 0 saturated carbocycles. The van der Waals surface area contributed by atoms with Crippen LogP contribution in [0.4, 0.5) is 0 Å². The molecule has 2 nitrogen and oxygen atoms in total. The third-order valence-corrected chi connectivity index (χ3v) is 7.52. The van der Waals surface area contributed by atoms with Gasteiger partial charge in [0.25, 0.3) is 0 Å². The van der Waals surface area contributed by atoms with Gasteiger partial charge >= 0.3 is 0 Å². The van der Waals surface area contributed by atoms with Gasteiger partial charge in [-0.05, 0) is 92.8 Å². The molecular formula is C29H35IO2. The Labute approximate surface area is 206 Å². The lowest BCUT2D eigenvalue weighted by atomic mass is 9.72. The van der Waals surface area contributed by atoms with E-state index in [9.17, 15) is 0 Å². The Balaban J connectivity index is 2.08. The molecule has 1 aliphatic rings. The minimum absolute atomic E-state index is 0.00613. The summed E-state index contributed by atoms with van der Waals surface area (Å²) >= 11 is 2.38. The molecule has 0 spiro atoms. The summed E-state index contributed by atoms with van der Waals surface area (Å²) < 4.78 is 13.5. The normalized spacial score (nSPS) is 14.7. The van der Waals surface area contributed by atoms with Crippen molar-refractivity contribution in [2.45, 2.75) is 71.1 Å². The molecule has 0 amide bonds. The Bertz CT molecular complexity index is 1090. The van der Waals surface area contributed by atoms with E-state index in [1.807, 2.05) is 14.2 Å². The van der Waals surface area contributed by atoms with Crippen LogP contribution in [0.1, 0.15) is 75.3 Å². The molecule has 0 N–H and O–H groups in total. The Kier molecular flexibility index (Phi) is 6.02. The molecule has 0 atom stereocenters. The van der Waals surface area contributed by atoms with Crippen molar-refractivity contribution in [2.24, 2.45) is 0 Å². The summed E-state index contributed by atoms with van der Waals surface area (Å²) in [6.07, 6.45) is 1.96. The number of hydrogen-bond donors (Lipinski definition) is 0. The first-order valence-corrected chi connectivity index (χ1v) is 12.5. The van der Waals surface area contributed by atoms with E-state index < -0.39 is 0 Å². The maximum atomic E-state index is 6.12. The van der Waals surface area contributed by atoms with E-state index in [4.69, 9.17) is 9.47 Å². The molecule has 0 fully saturated rings. The minimum atomic E-state index is -0.00613. The summed E-state index contributed by atoms with van der Waals surface area (Å²) in [7, 11) is 3.64. The van der Waals surface area contributed by atoms with E-state index in [-0.39, 0.29) is 10.8 Å². The molecule has 0 saturated heterocycles. The van der Waals surface area contributed by atoms with Gasteiger partial charge in [0.15, 0.2) is 0 Å². The summed E-state index contributed by atoms with van der Waals surface area (Å²) in [6, 6.07) is 13.7. The van der Waals surface area contributed by atoms with Crippen LogP contribution in [0.5, 0.6) is 11.5 Å². The van der Waals surface area contributed by atoms with Crippen LogP contribution in [-0.4, -0.2) is 14.2 Å². The number of hydrogen-bond acceptors (Lipinski definition) is 2. The van der Waals surface area contributed by atoms with Crippen LogP contribution < -0.4 is 9.47 Å². The second-order valence-electron chi connectivity index (χ2n) is 11.1. The molecule has 4 rings (SSSR count). The SMILES string of the molecule is COc1c(C(C)(C)C)cc2cc(C(C)(C)C)c(OC)c3c2c1CC(c1ccc(I)cc1)C3. The molecule has 0 heterocycles. The maximum absolute atomic E-state index is 6.12. The second kappa shape index (κ2) is 8.23. The monoisotopic (exact) mass is 542 g/mol. The predicted molar refractivity (Wildman–Crippen MR) is 144 cm³/mol. The molecule has 3 heteroatoms. The van der Waals surface area contributed by atoms with E-state index in [1.165, 1.54) is 42.2 Å². The highest BCUT2D eigenvalue weighted by Gasteiger charge is 2.33. The molecule has 32 heavy (non-hydrogen) atoms. The van der Waals surface area contributed by atoms with Crippen molar-refractivity contribution < 1.29 is 9.47 Å². The van der Waals surface area contributed by atoms with Gasteiger partial charge in [0, 0.05) is 25.8 Å². The van der Waals surface area contributed by atoms with Crippen molar-refractivity contribution in [3.8, 4) is 11.5 Å². The topological polar surface area (TPSA) is 18.5 Å². The van der Waals surface area contributed by atoms with E-state index in [1.54, 1.807) is 0 Å². The van der Waals surface area contributed by atoms with Gasteiger partial charge in [0.2, 0.25) is 0 Å². The number of ether oxygens (including phenoxy) is 2. The lowest BCUT2D eigenvalue weighted by molar-refractivity contribution is 0.385. The van der Waals surface area contributed by atoms with Crippen molar-refractivity contribution in [2.75, 3.05) is 14.2 Å². The largest absolute Gasteiger partial charge is 0.496 e. The van der Waals surface area contributed by atoms with Crippen molar-refractivity contribution in [3.63, 3.8) is 0 Å². The first-order valence-electron chi connectivity index (χ1n) is 11.5. The first-order chi connectivity index (χ1) is 15.0. The van der Waals surface area contributed by atoms with Crippen LogP contribution in [0, 0.1) is 3.57 Å². The molecule has 0 aliphatic heterocycles. The quantitative estimate of drug-likeness (QED) is 0.313. The lowest BCUT2D eigenvalue weighted by Gasteiger charge is -2.34. The highest BCUT2D eigenvalue weighted by Crippen LogP contribution is 2.50. The van der Waals surface area contributed by atoms with E-state index in [2.05, 4.69) is 101 Å². The first kappa shape index (κ1) is 23.4.